The van der Waals surface area contributed by atoms with E-state index in [-0.39, 0.29) is 18.1 Å². The zero-order valence-corrected chi connectivity index (χ0v) is 10.2. The van der Waals surface area contributed by atoms with Crippen molar-refractivity contribution >= 4 is 11.6 Å². The number of carbonyl (C=O) groups excluding carboxylic acids is 1. The minimum atomic E-state index is -0.187. The lowest BCUT2D eigenvalue weighted by Crippen LogP contribution is -2.50. The van der Waals surface area contributed by atoms with Crippen LogP contribution < -0.4 is 10.2 Å². The van der Waals surface area contributed by atoms with Gasteiger partial charge in [-0.1, -0.05) is 12.1 Å². The SMILES string of the molecule is CC(=O)N[C@@H](C)c1ccc(N2CC(O)C2)cc1. The molecule has 0 aromatic heterocycles. The maximum atomic E-state index is 10.9. The number of nitrogens with one attached hydrogen (secondary N) is 1. The molecule has 0 radical (unpaired) electrons. The van der Waals surface area contributed by atoms with E-state index in [0.29, 0.717) is 13.1 Å². The Morgan fingerprint density at radius 2 is 2.00 bits per heavy atom. The van der Waals surface area contributed by atoms with Crippen LogP contribution in [0.5, 0.6) is 0 Å². The number of hydrogen-bond acceptors (Lipinski definition) is 3. The second kappa shape index (κ2) is 4.75. The number of aliphatic hydroxyl groups excluding tert-OH is 1. The molecule has 1 aromatic rings. The molecule has 0 spiro atoms. The van der Waals surface area contributed by atoms with Crippen molar-refractivity contribution in [3.8, 4) is 0 Å². The van der Waals surface area contributed by atoms with Gasteiger partial charge in [0.1, 0.15) is 0 Å². The van der Waals surface area contributed by atoms with Gasteiger partial charge in [0.15, 0.2) is 0 Å². The number of aliphatic hydroxyl groups is 1. The number of anilines is 1. The Labute approximate surface area is 101 Å². The summed E-state index contributed by atoms with van der Waals surface area (Å²) >= 11 is 0. The molecule has 0 bridgehead atoms. The predicted molar refractivity (Wildman–Crippen MR) is 66.9 cm³/mol. The molecule has 2 rings (SSSR count). The van der Waals surface area contributed by atoms with Crippen LogP contribution in [0, 0.1) is 0 Å². The minimum absolute atomic E-state index is 0.0209. The number of carbonyl (C=O) groups is 1. The van der Waals surface area contributed by atoms with Crippen molar-refractivity contribution in [2.75, 3.05) is 18.0 Å². The Morgan fingerprint density at radius 1 is 1.41 bits per heavy atom. The van der Waals surface area contributed by atoms with Crippen molar-refractivity contribution in [2.24, 2.45) is 0 Å². The van der Waals surface area contributed by atoms with E-state index in [0.717, 1.165) is 11.3 Å². The molecule has 1 aromatic carbocycles. The molecule has 0 aliphatic carbocycles. The molecule has 1 aliphatic heterocycles. The van der Waals surface area contributed by atoms with Crippen LogP contribution in [0.4, 0.5) is 5.69 Å². The minimum Gasteiger partial charge on any atom is -0.389 e. The molecular weight excluding hydrogens is 216 g/mol. The Bertz CT molecular complexity index is 396. The van der Waals surface area contributed by atoms with Gasteiger partial charge in [-0.25, -0.2) is 0 Å². The van der Waals surface area contributed by atoms with Gasteiger partial charge in [-0.3, -0.25) is 4.79 Å². The fraction of sp³-hybridized carbons (Fsp3) is 0.462. The van der Waals surface area contributed by atoms with Crippen LogP contribution in [0.15, 0.2) is 24.3 Å². The Kier molecular flexibility index (Phi) is 3.33. The highest BCUT2D eigenvalue weighted by Crippen LogP contribution is 2.23. The van der Waals surface area contributed by atoms with Crippen LogP contribution in [0.1, 0.15) is 25.5 Å². The number of hydrogen-bond donors (Lipinski definition) is 2. The zero-order valence-electron chi connectivity index (χ0n) is 10.2. The summed E-state index contributed by atoms with van der Waals surface area (Å²) in [7, 11) is 0. The molecule has 17 heavy (non-hydrogen) atoms. The first kappa shape index (κ1) is 11.9. The van der Waals surface area contributed by atoms with Gasteiger partial charge in [-0.15, -0.1) is 0 Å². The van der Waals surface area contributed by atoms with E-state index in [1.807, 2.05) is 31.2 Å². The highest BCUT2D eigenvalue weighted by molar-refractivity contribution is 5.73. The molecule has 92 valence electrons. The van der Waals surface area contributed by atoms with E-state index < -0.39 is 0 Å². The summed E-state index contributed by atoms with van der Waals surface area (Å²) in [5.74, 6) is -0.0209. The molecule has 1 amide bonds. The van der Waals surface area contributed by atoms with Gasteiger partial charge in [-0.2, -0.15) is 0 Å². The van der Waals surface area contributed by atoms with E-state index in [1.54, 1.807) is 0 Å². The van der Waals surface area contributed by atoms with Crippen molar-refractivity contribution in [1.29, 1.82) is 0 Å². The van der Waals surface area contributed by atoms with Crippen molar-refractivity contribution in [2.45, 2.75) is 26.0 Å². The number of nitrogens with zero attached hydrogens (tertiary/aromatic N) is 1. The molecule has 1 aliphatic rings. The van der Waals surface area contributed by atoms with Crippen LogP contribution in [-0.4, -0.2) is 30.2 Å². The van der Waals surface area contributed by atoms with Crippen LogP contribution >= 0.6 is 0 Å². The first-order valence-electron chi connectivity index (χ1n) is 5.86. The predicted octanol–water partition coefficient (Wildman–Crippen LogP) is 1.06. The summed E-state index contributed by atoms with van der Waals surface area (Å²) < 4.78 is 0. The standard InChI is InChI=1S/C13H18N2O2/c1-9(14-10(2)16)11-3-5-12(6-4-11)15-7-13(17)8-15/h3-6,9,13,17H,7-8H2,1-2H3,(H,14,16)/t9-/m0/s1. The van der Waals surface area contributed by atoms with Crippen LogP contribution in [0.3, 0.4) is 0 Å². The topological polar surface area (TPSA) is 52.6 Å². The lowest BCUT2D eigenvalue weighted by atomic mass is 10.1. The van der Waals surface area contributed by atoms with E-state index in [2.05, 4.69) is 10.2 Å². The van der Waals surface area contributed by atoms with E-state index in [9.17, 15) is 9.90 Å². The number of amides is 1. The molecule has 2 N–H and O–H groups in total. The molecule has 1 saturated heterocycles. The molecule has 4 heteroatoms. The molecular formula is C13H18N2O2. The molecule has 1 heterocycles. The fourth-order valence-electron chi connectivity index (χ4n) is 2.03. The van der Waals surface area contributed by atoms with Crippen molar-refractivity contribution in [1.82, 2.24) is 5.32 Å². The quantitative estimate of drug-likeness (QED) is 0.822. The van der Waals surface area contributed by atoms with Crippen molar-refractivity contribution in [3.05, 3.63) is 29.8 Å². The Hall–Kier alpha value is -1.55. The van der Waals surface area contributed by atoms with Crippen LogP contribution in [0.2, 0.25) is 0 Å². The summed E-state index contributed by atoms with van der Waals surface area (Å²) in [5.41, 5.74) is 2.21. The summed E-state index contributed by atoms with van der Waals surface area (Å²) in [4.78, 5) is 13.1. The number of β-amino-alcohol motifs (C(OH)–C–C–N with tert-alkyl or cyclic N) is 1. The highest BCUT2D eigenvalue weighted by atomic mass is 16.3. The second-order valence-electron chi connectivity index (χ2n) is 4.57. The Morgan fingerprint density at radius 3 is 2.47 bits per heavy atom. The monoisotopic (exact) mass is 234 g/mol. The lowest BCUT2D eigenvalue weighted by Gasteiger charge is -2.38. The highest BCUT2D eigenvalue weighted by Gasteiger charge is 2.24. The molecule has 0 saturated carbocycles. The van der Waals surface area contributed by atoms with Gasteiger partial charge in [0.2, 0.25) is 5.91 Å². The third-order valence-electron chi connectivity index (χ3n) is 3.04. The summed E-state index contributed by atoms with van der Waals surface area (Å²) in [6.45, 7) is 4.90. The van der Waals surface area contributed by atoms with Gasteiger partial charge >= 0.3 is 0 Å². The fourth-order valence-corrected chi connectivity index (χ4v) is 2.03. The van der Waals surface area contributed by atoms with Crippen LogP contribution in [0.25, 0.3) is 0 Å². The molecule has 1 fully saturated rings. The van der Waals surface area contributed by atoms with Gasteiger partial charge < -0.3 is 15.3 Å². The average molecular weight is 234 g/mol. The van der Waals surface area contributed by atoms with E-state index in [4.69, 9.17) is 0 Å². The number of benzene rings is 1. The van der Waals surface area contributed by atoms with Crippen molar-refractivity contribution < 1.29 is 9.90 Å². The zero-order chi connectivity index (χ0) is 12.4. The van der Waals surface area contributed by atoms with E-state index in [1.165, 1.54) is 6.92 Å². The summed E-state index contributed by atoms with van der Waals surface area (Å²) in [5, 5.41) is 12.1. The second-order valence-corrected chi connectivity index (χ2v) is 4.57. The van der Waals surface area contributed by atoms with Crippen LogP contribution in [-0.2, 0) is 4.79 Å². The summed E-state index contributed by atoms with van der Waals surface area (Å²) in [6.07, 6.45) is -0.187. The Balaban J connectivity index is 2.00. The first-order chi connectivity index (χ1) is 8.06. The maximum Gasteiger partial charge on any atom is 0.217 e. The average Bonchev–Trinajstić information content (AvgIpc) is 2.24. The maximum absolute atomic E-state index is 10.9. The normalized spacial score (nSPS) is 17.5. The molecule has 1 atom stereocenters. The van der Waals surface area contributed by atoms with Gasteiger partial charge in [0.05, 0.1) is 12.1 Å². The van der Waals surface area contributed by atoms with E-state index >= 15 is 0 Å². The third-order valence-corrected chi connectivity index (χ3v) is 3.04. The molecule has 4 nitrogen and oxygen atoms in total. The largest absolute Gasteiger partial charge is 0.389 e. The van der Waals surface area contributed by atoms with Gasteiger partial charge in [0, 0.05) is 25.7 Å². The smallest absolute Gasteiger partial charge is 0.217 e. The number of rotatable bonds is 3. The first-order valence-corrected chi connectivity index (χ1v) is 5.86. The van der Waals surface area contributed by atoms with Gasteiger partial charge in [-0.05, 0) is 24.6 Å². The molecule has 0 unspecified atom stereocenters. The van der Waals surface area contributed by atoms with Crippen molar-refractivity contribution in [3.63, 3.8) is 0 Å². The third kappa shape index (κ3) is 2.77. The lowest BCUT2D eigenvalue weighted by molar-refractivity contribution is -0.119. The van der Waals surface area contributed by atoms with Gasteiger partial charge in [0.25, 0.3) is 0 Å². The summed E-state index contributed by atoms with van der Waals surface area (Å²) in [6, 6.07) is 8.11.